The Hall–Kier alpha value is -0.820. The molecule has 1 aromatic carbocycles. The molecule has 1 amide bonds. The highest BCUT2D eigenvalue weighted by molar-refractivity contribution is 7.99. The van der Waals surface area contributed by atoms with Crippen molar-refractivity contribution in [3.63, 3.8) is 0 Å². The third-order valence-electron chi connectivity index (χ3n) is 3.70. The summed E-state index contributed by atoms with van der Waals surface area (Å²) in [5, 5.41) is 6.31. The molecule has 0 radical (unpaired) electrons. The van der Waals surface area contributed by atoms with Crippen LogP contribution in [-0.2, 0) is 4.79 Å². The van der Waals surface area contributed by atoms with Crippen molar-refractivity contribution in [1.82, 2.24) is 15.5 Å². The standard InChI is InChI=1S/C16H24FN3OS.ClH/c1-13(12-22-15-4-2-14(17)3-5-15)16(21)19-8-11-20-9-6-18-7-10-20;/h2-5,13,18H,6-12H2,1H3,(H,19,21);1H. The van der Waals surface area contributed by atoms with Gasteiger partial charge in [0.2, 0.25) is 5.91 Å². The van der Waals surface area contributed by atoms with Crippen molar-refractivity contribution >= 4 is 30.1 Å². The first kappa shape index (κ1) is 20.2. The van der Waals surface area contributed by atoms with Gasteiger partial charge in [0.15, 0.2) is 0 Å². The summed E-state index contributed by atoms with van der Waals surface area (Å²) in [6.07, 6.45) is 0. The molecule has 1 saturated heterocycles. The van der Waals surface area contributed by atoms with Gasteiger partial charge in [0.05, 0.1) is 0 Å². The second-order valence-electron chi connectivity index (χ2n) is 5.55. The summed E-state index contributed by atoms with van der Waals surface area (Å²) in [6.45, 7) is 7.68. The molecule has 1 unspecified atom stereocenters. The summed E-state index contributed by atoms with van der Waals surface area (Å²) in [6, 6.07) is 6.38. The number of carbonyl (C=O) groups excluding carboxylic acids is 1. The molecule has 2 N–H and O–H groups in total. The number of carbonyl (C=O) groups is 1. The van der Waals surface area contributed by atoms with Gasteiger partial charge in [-0.15, -0.1) is 24.2 Å². The van der Waals surface area contributed by atoms with E-state index in [0.29, 0.717) is 12.3 Å². The molecule has 2 rings (SSSR count). The summed E-state index contributed by atoms with van der Waals surface area (Å²) < 4.78 is 12.8. The van der Waals surface area contributed by atoms with Crippen LogP contribution in [0.4, 0.5) is 4.39 Å². The zero-order valence-electron chi connectivity index (χ0n) is 13.4. The topological polar surface area (TPSA) is 44.4 Å². The minimum absolute atomic E-state index is 0. The zero-order chi connectivity index (χ0) is 15.8. The summed E-state index contributed by atoms with van der Waals surface area (Å²) in [5.41, 5.74) is 0. The van der Waals surface area contributed by atoms with E-state index in [9.17, 15) is 9.18 Å². The molecule has 1 aliphatic heterocycles. The Labute approximate surface area is 148 Å². The molecule has 23 heavy (non-hydrogen) atoms. The maximum absolute atomic E-state index is 12.8. The monoisotopic (exact) mass is 361 g/mol. The van der Waals surface area contributed by atoms with Gasteiger partial charge in [-0.1, -0.05) is 6.92 Å². The largest absolute Gasteiger partial charge is 0.355 e. The Morgan fingerprint density at radius 3 is 2.65 bits per heavy atom. The third kappa shape index (κ3) is 7.52. The maximum Gasteiger partial charge on any atom is 0.223 e. The lowest BCUT2D eigenvalue weighted by Crippen LogP contribution is -2.46. The minimum Gasteiger partial charge on any atom is -0.355 e. The van der Waals surface area contributed by atoms with E-state index >= 15 is 0 Å². The predicted molar refractivity (Wildman–Crippen MR) is 95.9 cm³/mol. The third-order valence-corrected chi connectivity index (χ3v) is 4.97. The second-order valence-corrected chi connectivity index (χ2v) is 6.64. The van der Waals surface area contributed by atoms with Gasteiger partial charge in [-0.3, -0.25) is 9.69 Å². The summed E-state index contributed by atoms with van der Waals surface area (Å²) in [5.74, 6) is 0.497. The molecule has 1 aliphatic rings. The second kappa shape index (κ2) is 10.9. The van der Waals surface area contributed by atoms with E-state index in [1.807, 2.05) is 6.92 Å². The van der Waals surface area contributed by atoms with Crippen LogP contribution in [0.1, 0.15) is 6.92 Å². The number of rotatable bonds is 7. The van der Waals surface area contributed by atoms with Crippen molar-refractivity contribution in [3.8, 4) is 0 Å². The van der Waals surface area contributed by atoms with Gasteiger partial charge >= 0.3 is 0 Å². The highest BCUT2D eigenvalue weighted by Gasteiger charge is 2.14. The Kier molecular flexibility index (Phi) is 9.55. The molecule has 0 bridgehead atoms. The molecule has 7 heteroatoms. The molecule has 1 aromatic rings. The summed E-state index contributed by atoms with van der Waals surface area (Å²) in [7, 11) is 0. The van der Waals surface area contributed by atoms with E-state index < -0.39 is 0 Å². The lowest BCUT2D eigenvalue weighted by molar-refractivity contribution is -0.123. The molecule has 1 fully saturated rings. The van der Waals surface area contributed by atoms with Crippen LogP contribution in [0.25, 0.3) is 0 Å². The first-order valence-corrected chi connectivity index (χ1v) is 8.73. The number of hydrogen-bond acceptors (Lipinski definition) is 4. The van der Waals surface area contributed by atoms with Crippen LogP contribution in [0, 0.1) is 11.7 Å². The molecule has 0 aromatic heterocycles. The van der Waals surface area contributed by atoms with Gasteiger partial charge in [0, 0.05) is 55.8 Å². The number of hydrogen-bond donors (Lipinski definition) is 2. The van der Waals surface area contributed by atoms with Gasteiger partial charge in [-0.2, -0.15) is 0 Å². The Bertz CT molecular complexity index is 469. The number of amides is 1. The van der Waals surface area contributed by atoms with Crippen LogP contribution in [0.5, 0.6) is 0 Å². The Balaban J connectivity index is 0.00000264. The van der Waals surface area contributed by atoms with Crippen molar-refractivity contribution < 1.29 is 9.18 Å². The van der Waals surface area contributed by atoms with E-state index in [1.165, 1.54) is 12.1 Å². The number of nitrogens with zero attached hydrogens (tertiary/aromatic N) is 1. The van der Waals surface area contributed by atoms with Crippen LogP contribution >= 0.6 is 24.2 Å². The smallest absolute Gasteiger partial charge is 0.223 e. The van der Waals surface area contributed by atoms with E-state index in [4.69, 9.17) is 0 Å². The van der Waals surface area contributed by atoms with E-state index in [2.05, 4.69) is 15.5 Å². The molecule has 1 atom stereocenters. The normalized spacial score (nSPS) is 16.4. The van der Waals surface area contributed by atoms with Gasteiger partial charge in [0.1, 0.15) is 5.82 Å². The first-order valence-electron chi connectivity index (χ1n) is 7.74. The molecule has 0 saturated carbocycles. The highest BCUT2D eigenvalue weighted by atomic mass is 35.5. The van der Waals surface area contributed by atoms with E-state index in [1.54, 1.807) is 23.9 Å². The van der Waals surface area contributed by atoms with Gasteiger partial charge in [-0.05, 0) is 24.3 Å². The van der Waals surface area contributed by atoms with E-state index in [0.717, 1.165) is 37.6 Å². The number of benzene rings is 1. The van der Waals surface area contributed by atoms with Crippen molar-refractivity contribution in [1.29, 1.82) is 0 Å². The summed E-state index contributed by atoms with van der Waals surface area (Å²) in [4.78, 5) is 15.4. The number of thioether (sulfide) groups is 1. The van der Waals surface area contributed by atoms with Gasteiger partial charge in [-0.25, -0.2) is 4.39 Å². The maximum atomic E-state index is 12.8. The first-order chi connectivity index (χ1) is 10.6. The van der Waals surface area contributed by atoms with Crippen molar-refractivity contribution in [2.24, 2.45) is 5.92 Å². The number of halogens is 2. The Morgan fingerprint density at radius 2 is 2.00 bits per heavy atom. The predicted octanol–water partition coefficient (Wildman–Crippen LogP) is 2.00. The van der Waals surface area contributed by atoms with Gasteiger partial charge in [0.25, 0.3) is 0 Å². The lowest BCUT2D eigenvalue weighted by atomic mass is 10.2. The summed E-state index contributed by atoms with van der Waals surface area (Å²) >= 11 is 1.58. The molecule has 0 aliphatic carbocycles. The van der Waals surface area contributed by atoms with E-state index in [-0.39, 0.29) is 30.0 Å². The average molecular weight is 362 g/mol. The molecule has 1 heterocycles. The fraction of sp³-hybridized carbons (Fsp3) is 0.562. The minimum atomic E-state index is -0.233. The SMILES string of the molecule is CC(CSc1ccc(F)cc1)C(=O)NCCN1CCNCC1.Cl. The Morgan fingerprint density at radius 1 is 1.35 bits per heavy atom. The average Bonchev–Trinajstić information content (AvgIpc) is 2.55. The van der Waals surface area contributed by atoms with Crippen molar-refractivity contribution in [2.45, 2.75) is 11.8 Å². The molecule has 130 valence electrons. The fourth-order valence-corrected chi connectivity index (χ4v) is 3.20. The van der Waals surface area contributed by atoms with Crippen LogP contribution in [-0.4, -0.2) is 55.8 Å². The molecular weight excluding hydrogens is 337 g/mol. The quantitative estimate of drug-likeness (QED) is 0.729. The lowest BCUT2D eigenvalue weighted by Gasteiger charge is -2.27. The number of piperazine rings is 1. The van der Waals surface area contributed by atoms with Crippen molar-refractivity contribution in [2.75, 3.05) is 45.0 Å². The van der Waals surface area contributed by atoms with Crippen LogP contribution in [0.2, 0.25) is 0 Å². The van der Waals surface area contributed by atoms with Crippen LogP contribution in [0.15, 0.2) is 29.2 Å². The molecular formula is C16H25ClFN3OS. The molecule has 0 spiro atoms. The highest BCUT2D eigenvalue weighted by Crippen LogP contribution is 2.20. The van der Waals surface area contributed by atoms with Crippen LogP contribution < -0.4 is 10.6 Å². The van der Waals surface area contributed by atoms with Crippen molar-refractivity contribution in [3.05, 3.63) is 30.1 Å². The van der Waals surface area contributed by atoms with Crippen LogP contribution in [0.3, 0.4) is 0 Å². The zero-order valence-corrected chi connectivity index (χ0v) is 15.0. The number of nitrogens with one attached hydrogen (secondary N) is 2. The van der Waals surface area contributed by atoms with Gasteiger partial charge < -0.3 is 10.6 Å². The fourth-order valence-electron chi connectivity index (χ4n) is 2.27. The molecule has 4 nitrogen and oxygen atoms in total.